The third-order valence-electron chi connectivity index (χ3n) is 3.64. The molecule has 126 valence electrons. The van der Waals surface area contributed by atoms with E-state index in [0.717, 1.165) is 11.1 Å². The number of nitrogens with one attached hydrogen (secondary N) is 2. The highest BCUT2D eigenvalue weighted by atomic mass is 16.5. The lowest BCUT2D eigenvalue weighted by atomic mass is 10.1. The zero-order valence-electron chi connectivity index (χ0n) is 13.5. The van der Waals surface area contributed by atoms with Crippen molar-refractivity contribution in [3.8, 4) is 5.75 Å². The van der Waals surface area contributed by atoms with Crippen LogP contribution in [-0.4, -0.2) is 17.8 Å². The molecule has 25 heavy (non-hydrogen) atoms. The van der Waals surface area contributed by atoms with Gasteiger partial charge in [-0.1, -0.05) is 48.0 Å². The number of hydrogen-bond acceptors (Lipinski definition) is 4. The minimum absolute atomic E-state index is 0.147. The lowest BCUT2D eigenvalue weighted by Crippen LogP contribution is -2.51. The molecule has 0 bridgehead atoms. The maximum absolute atomic E-state index is 11.8. The van der Waals surface area contributed by atoms with Crippen LogP contribution in [0.3, 0.4) is 0 Å². The smallest absolute Gasteiger partial charge is 0.328 e. The summed E-state index contributed by atoms with van der Waals surface area (Å²) in [6, 6.07) is 14.2. The maximum atomic E-state index is 11.8. The molecule has 0 radical (unpaired) electrons. The number of ether oxygens (including phenoxy) is 1. The van der Waals surface area contributed by atoms with Crippen molar-refractivity contribution < 1.29 is 19.1 Å². The quantitative estimate of drug-likeness (QED) is 0.663. The Morgan fingerprint density at radius 3 is 2.40 bits per heavy atom. The molecule has 0 spiro atoms. The van der Waals surface area contributed by atoms with Crippen LogP contribution in [0.5, 0.6) is 5.75 Å². The molecule has 0 unspecified atom stereocenters. The normalized spacial score (nSPS) is 14.0. The van der Waals surface area contributed by atoms with Gasteiger partial charge in [0.25, 0.3) is 11.8 Å². The number of carbonyl (C=O) groups excluding carboxylic acids is 3. The van der Waals surface area contributed by atoms with Crippen molar-refractivity contribution in [2.24, 2.45) is 0 Å². The van der Waals surface area contributed by atoms with Crippen LogP contribution in [0.1, 0.15) is 16.7 Å². The Kier molecular flexibility index (Phi) is 4.61. The average Bonchev–Trinajstić information content (AvgIpc) is 2.57. The summed E-state index contributed by atoms with van der Waals surface area (Å²) in [6.45, 7) is 2.36. The molecule has 1 heterocycles. The molecule has 6 nitrogen and oxygen atoms in total. The van der Waals surface area contributed by atoms with Crippen LogP contribution in [0, 0.1) is 6.92 Å². The Morgan fingerprint density at radius 2 is 1.68 bits per heavy atom. The number of aryl methyl sites for hydroxylation is 1. The molecule has 3 rings (SSSR count). The molecule has 0 atom stereocenters. The molecule has 2 N–H and O–H groups in total. The fourth-order valence-electron chi connectivity index (χ4n) is 2.46. The highest BCUT2D eigenvalue weighted by Crippen LogP contribution is 2.23. The number of para-hydroxylation sites is 1. The lowest BCUT2D eigenvalue weighted by molar-refractivity contribution is -0.123. The van der Waals surface area contributed by atoms with E-state index >= 15 is 0 Å². The second-order valence-electron chi connectivity index (χ2n) is 5.61. The summed E-state index contributed by atoms with van der Waals surface area (Å²) in [5.41, 5.74) is 2.58. The van der Waals surface area contributed by atoms with Crippen LogP contribution in [0.2, 0.25) is 0 Å². The van der Waals surface area contributed by atoms with E-state index in [2.05, 4.69) is 0 Å². The Hall–Kier alpha value is -3.41. The van der Waals surface area contributed by atoms with E-state index in [1.807, 2.05) is 41.8 Å². The number of benzene rings is 2. The summed E-state index contributed by atoms with van der Waals surface area (Å²) >= 11 is 0. The molecular formula is C19H16N2O4. The molecule has 0 aliphatic carbocycles. The highest BCUT2D eigenvalue weighted by Gasteiger charge is 2.27. The summed E-state index contributed by atoms with van der Waals surface area (Å²) in [6.07, 6.45) is 1.41. The monoisotopic (exact) mass is 336 g/mol. The summed E-state index contributed by atoms with van der Waals surface area (Å²) in [4.78, 5) is 34.8. The molecule has 1 saturated heterocycles. The first-order valence-corrected chi connectivity index (χ1v) is 7.68. The van der Waals surface area contributed by atoms with E-state index in [9.17, 15) is 14.4 Å². The van der Waals surface area contributed by atoms with Gasteiger partial charge in [0.15, 0.2) is 0 Å². The first-order valence-electron chi connectivity index (χ1n) is 7.68. The van der Waals surface area contributed by atoms with Crippen LogP contribution in [0.15, 0.2) is 54.1 Å². The Balaban J connectivity index is 1.83. The van der Waals surface area contributed by atoms with Gasteiger partial charge in [0.05, 0.1) is 0 Å². The maximum Gasteiger partial charge on any atom is 0.328 e. The van der Waals surface area contributed by atoms with Crippen molar-refractivity contribution in [3.05, 3.63) is 70.8 Å². The van der Waals surface area contributed by atoms with Gasteiger partial charge < -0.3 is 4.74 Å². The summed E-state index contributed by atoms with van der Waals surface area (Å²) in [5, 5.41) is 4.09. The molecular weight excluding hydrogens is 320 g/mol. The minimum atomic E-state index is -0.823. The van der Waals surface area contributed by atoms with Crippen molar-refractivity contribution >= 4 is 23.9 Å². The predicted octanol–water partition coefficient (Wildman–Crippen LogP) is 2.32. The molecule has 0 saturated carbocycles. The number of imide groups is 2. The number of amides is 4. The lowest BCUT2D eigenvalue weighted by Gasteiger charge is -2.15. The molecule has 1 aliphatic heterocycles. The zero-order valence-corrected chi connectivity index (χ0v) is 13.5. The van der Waals surface area contributed by atoms with Gasteiger partial charge >= 0.3 is 6.03 Å². The third kappa shape index (κ3) is 3.92. The van der Waals surface area contributed by atoms with Gasteiger partial charge in [0, 0.05) is 5.56 Å². The SMILES string of the molecule is Cc1cccc(COc2ccccc2C=C2C(=O)NC(=O)NC2=O)c1. The standard InChI is InChI=1S/C19H16N2O4/c1-12-5-4-6-13(9-12)11-25-16-8-3-2-7-14(16)10-15-17(22)20-19(24)21-18(15)23/h2-10H,11H2,1H3,(H2,20,21,22,23,24). The number of barbiturate groups is 1. The number of carbonyl (C=O) groups is 3. The van der Waals surface area contributed by atoms with Crippen LogP contribution >= 0.6 is 0 Å². The minimum Gasteiger partial charge on any atom is -0.488 e. The largest absolute Gasteiger partial charge is 0.488 e. The zero-order chi connectivity index (χ0) is 17.8. The summed E-state index contributed by atoms with van der Waals surface area (Å²) < 4.78 is 5.84. The van der Waals surface area contributed by atoms with Crippen molar-refractivity contribution in [2.45, 2.75) is 13.5 Å². The van der Waals surface area contributed by atoms with Crippen molar-refractivity contribution in [1.82, 2.24) is 10.6 Å². The first kappa shape index (κ1) is 16.4. The Morgan fingerprint density at radius 1 is 0.960 bits per heavy atom. The van der Waals surface area contributed by atoms with Gasteiger partial charge in [0.1, 0.15) is 17.9 Å². The van der Waals surface area contributed by atoms with Gasteiger partial charge in [-0.3, -0.25) is 20.2 Å². The second-order valence-corrected chi connectivity index (χ2v) is 5.61. The van der Waals surface area contributed by atoms with Crippen molar-refractivity contribution in [1.29, 1.82) is 0 Å². The number of urea groups is 1. The molecule has 2 aromatic carbocycles. The molecule has 0 aromatic heterocycles. The van der Waals surface area contributed by atoms with Crippen LogP contribution in [-0.2, 0) is 16.2 Å². The number of hydrogen-bond donors (Lipinski definition) is 2. The van der Waals surface area contributed by atoms with E-state index < -0.39 is 17.8 Å². The van der Waals surface area contributed by atoms with E-state index in [-0.39, 0.29) is 5.57 Å². The van der Waals surface area contributed by atoms with Crippen molar-refractivity contribution in [2.75, 3.05) is 0 Å². The van der Waals surface area contributed by atoms with Gasteiger partial charge in [-0.15, -0.1) is 0 Å². The highest BCUT2D eigenvalue weighted by molar-refractivity contribution is 6.31. The average molecular weight is 336 g/mol. The van der Waals surface area contributed by atoms with E-state index in [1.165, 1.54) is 6.08 Å². The number of rotatable bonds is 4. The molecule has 2 aromatic rings. The van der Waals surface area contributed by atoms with E-state index in [0.29, 0.717) is 17.9 Å². The van der Waals surface area contributed by atoms with Gasteiger partial charge in [-0.2, -0.15) is 0 Å². The predicted molar refractivity (Wildman–Crippen MR) is 91.6 cm³/mol. The van der Waals surface area contributed by atoms with Crippen LogP contribution < -0.4 is 15.4 Å². The summed E-state index contributed by atoms with van der Waals surface area (Å²) in [7, 11) is 0. The van der Waals surface area contributed by atoms with Crippen molar-refractivity contribution in [3.63, 3.8) is 0 Å². The Bertz CT molecular complexity index is 864. The molecule has 4 amide bonds. The Labute approximate surface area is 144 Å². The topological polar surface area (TPSA) is 84.5 Å². The van der Waals surface area contributed by atoms with Crippen LogP contribution in [0.25, 0.3) is 6.08 Å². The molecule has 1 fully saturated rings. The van der Waals surface area contributed by atoms with Gasteiger partial charge in [0.2, 0.25) is 0 Å². The third-order valence-corrected chi connectivity index (χ3v) is 3.64. The fraction of sp³-hybridized carbons (Fsp3) is 0.105. The molecule has 1 aliphatic rings. The second kappa shape index (κ2) is 7.00. The fourth-order valence-corrected chi connectivity index (χ4v) is 2.46. The van der Waals surface area contributed by atoms with Gasteiger partial charge in [-0.25, -0.2) is 4.79 Å². The van der Waals surface area contributed by atoms with Gasteiger partial charge in [-0.05, 0) is 24.6 Å². The first-order chi connectivity index (χ1) is 12.0. The molecule has 6 heteroatoms. The summed E-state index contributed by atoms with van der Waals surface area (Å²) in [5.74, 6) is -0.932. The van der Waals surface area contributed by atoms with E-state index in [1.54, 1.807) is 24.3 Å². The van der Waals surface area contributed by atoms with Crippen LogP contribution in [0.4, 0.5) is 4.79 Å². The van der Waals surface area contributed by atoms with E-state index in [4.69, 9.17) is 4.74 Å².